The van der Waals surface area contributed by atoms with Gasteiger partial charge in [-0.1, -0.05) is 0 Å². The predicted octanol–water partition coefficient (Wildman–Crippen LogP) is 2.63. The van der Waals surface area contributed by atoms with Gasteiger partial charge in [0, 0.05) is 12.3 Å². The molecule has 1 heterocycles. The Morgan fingerprint density at radius 2 is 1.62 bits per heavy atom. The standard InChI is InChI=1S/C17H16FNO4S/c18-13-1-5-15(6-2-13)24(21,22)16-7-3-14(4-8-16)19-17(20)12-9-10-23-11-12/h1-8,12H,9-11H2,(H,19,20). The van der Waals surface area contributed by atoms with Gasteiger partial charge in [0.1, 0.15) is 5.82 Å². The quantitative estimate of drug-likeness (QED) is 0.862. The third kappa shape index (κ3) is 3.47. The maximum Gasteiger partial charge on any atom is 0.229 e. The molecule has 1 saturated heterocycles. The van der Waals surface area contributed by atoms with E-state index in [1.54, 1.807) is 0 Å². The fourth-order valence-electron chi connectivity index (χ4n) is 2.45. The molecule has 5 nitrogen and oxygen atoms in total. The zero-order valence-corrected chi connectivity index (χ0v) is 13.6. The summed E-state index contributed by atoms with van der Waals surface area (Å²) in [7, 11) is -3.72. The highest BCUT2D eigenvalue weighted by atomic mass is 32.2. The van der Waals surface area contributed by atoms with Gasteiger partial charge in [-0.3, -0.25) is 4.79 Å². The molecule has 24 heavy (non-hydrogen) atoms. The van der Waals surface area contributed by atoms with Crippen LogP contribution < -0.4 is 5.32 Å². The van der Waals surface area contributed by atoms with Crippen LogP contribution in [0.1, 0.15) is 6.42 Å². The van der Waals surface area contributed by atoms with Gasteiger partial charge in [0.25, 0.3) is 0 Å². The Kier molecular flexibility index (Phi) is 4.64. The van der Waals surface area contributed by atoms with Crippen molar-refractivity contribution in [3.8, 4) is 0 Å². The van der Waals surface area contributed by atoms with Crippen LogP contribution in [0.15, 0.2) is 58.3 Å². The van der Waals surface area contributed by atoms with E-state index in [0.29, 0.717) is 25.3 Å². The Morgan fingerprint density at radius 1 is 1.04 bits per heavy atom. The number of carbonyl (C=O) groups is 1. The van der Waals surface area contributed by atoms with Crippen molar-refractivity contribution in [1.29, 1.82) is 0 Å². The summed E-state index contributed by atoms with van der Waals surface area (Å²) in [6.45, 7) is 0.982. The zero-order chi connectivity index (χ0) is 17.2. The number of hydrogen-bond acceptors (Lipinski definition) is 4. The molecule has 7 heteroatoms. The average Bonchev–Trinajstić information content (AvgIpc) is 3.10. The Hall–Kier alpha value is -2.25. The number of nitrogens with one attached hydrogen (secondary N) is 1. The monoisotopic (exact) mass is 349 g/mol. The van der Waals surface area contributed by atoms with E-state index in [-0.39, 0.29) is 21.6 Å². The number of carbonyl (C=O) groups excluding carboxylic acids is 1. The van der Waals surface area contributed by atoms with E-state index >= 15 is 0 Å². The summed E-state index contributed by atoms with van der Waals surface area (Å²) in [5.41, 5.74) is 0.518. The molecule has 1 amide bonds. The molecule has 126 valence electrons. The van der Waals surface area contributed by atoms with Gasteiger partial charge in [-0.15, -0.1) is 0 Å². The van der Waals surface area contributed by atoms with Crippen LogP contribution in [-0.4, -0.2) is 27.5 Å². The largest absolute Gasteiger partial charge is 0.381 e. The molecule has 0 saturated carbocycles. The molecule has 2 aromatic rings. The molecule has 0 spiro atoms. The van der Waals surface area contributed by atoms with Crippen LogP contribution in [0, 0.1) is 11.7 Å². The van der Waals surface area contributed by atoms with Crippen LogP contribution in [0.3, 0.4) is 0 Å². The molecule has 1 fully saturated rings. The summed E-state index contributed by atoms with van der Waals surface area (Å²) < 4.78 is 43.0. The number of rotatable bonds is 4. The molecule has 0 bridgehead atoms. The summed E-state index contributed by atoms with van der Waals surface area (Å²) in [6, 6.07) is 10.5. The molecule has 3 rings (SSSR count). The molecule has 2 aromatic carbocycles. The highest BCUT2D eigenvalue weighted by Gasteiger charge is 2.23. The van der Waals surface area contributed by atoms with Gasteiger partial charge >= 0.3 is 0 Å². The van der Waals surface area contributed by atoms with E-state index < -0.39 is 15.7 Å². The zero-order valence-electron chi connectivity index (χ0n) is 12.7. The number of sulfone groups is 1. The smallest absolute Gasteiger partial charge is 0.229 e. The molecule has 1 N–H and O–H groups in total. The van der Waals surface area contributed by atoms with E-state index in [1.165, 1.54) is 36.4 Å². The van der Waals surface area contributed by atoms with Crippen molar-refractivity contribution >= 4 is 21.4 Å². The second kappa shape index (κ2) is 6.70. The first-order chi connectivity index (χ1) is 11.5. The van der Waals surface area contributed by atoms with Gasteiger partial charge in [-0.25, -0.2) is 12.8 Å². The Labute approximate surface area is 139 Å². The molecule has 1 atom stereocenters. The van der Waals surface area contributed by atoms with Gasteiger partial charge < -0.3 is 10.1 Å². The average molecular weight is 349 g/mol. The van der Waals surface area contributed by atoms with Crippen LogP contribution in [-0.2, 0) is 19.4 Å². The van der Waals surface area contributed by atoms with Crippen LogP contribution in [0.25, 0.3) is 0 Å². The van der Waals surface area contributed by atoms with Crippen LogP contribution >= 0.6 is 0 Å². The van der Waals surface area contributed by atoms with E-state index in [2.05, 4.69) is 5.32 Å². The maximum absolute atomic E-state index is 12.9. The molecule has 1 aliphatic rings. The van der Waals surface area contributed by atoms with Crippen molar-refractivity contribution in [2.24, 2.45) is 5.92 Å². The summed E-state index contributed by atoms with van der Waals surface area (Å²) in [6.07, 6.45) is 0.683. The molecular formula is C17H16FNO4S. The third-order valence-corrected chi connectivity index (χ3v) is 5.64. The van der Waals surface area contributed by atoms with E-state index in [0.717, 1.165) is 12.1 Å². The third-order valence-electron chi connectivity index (χ3n) is 3.86. The van der Waals surface area contributed by atoms with Crippen LogP contribution in [0.4, 0.5) is 10.1 Å². The first-order valence-corrected chi connectivity index (χ1v) is 8.94. The minimum absolute atomic E-state index is 0.0174. The van der Waals surface area contributed by atoms with Gasteiger partial charge in [0.05, 0.1) is 22.3 Å². The number of hydrogen-bond donors (Lipinski definition) is 1. The number of benzene rings is 2. The van der Waals surface area contributed by atoms with Crippen molar-refractivity contribution < 1.29 is 22.3 Å². The highest BCUT2D eigenvalue weighted by molar-refractivity contribution is 7.91. The predicted molar refractivity (Wildman–Crippen MR) is 85.8 cm³/mol. The lowest BCUT2D eigenvalue weighted by atomic mass is 10.1. The van der Waals surface area contributed by atoms with E-state index in [1.807, 2.05) is 0 Å². The molecular weight excluding hydrogens is 333 g/mol. The van der Waals surface area contributed by atoms with E-state index in [4.69, 9.17) is 4.74 Å². The minimum Gasteiger partial charge on any atom is -0.381 e. The molecule has 0 aliphatic carbocycles. The summed E-state index contributed by atoms with van der Waals surface area (Å²) in [4.78, 5) is 12.1. The lowest BCUT2D eigenvalue weighted by molar-refractivity contribution is -0.119. The highest BCUT2D eigenvalue weighted by Crippen LogP contribution is 2.23. The van der Waals surface area contributed by atoms with Gasteiger partial charge in [-0.05, 0) is 55.0 Å². The number of amides is 1. The summed E-state index contributed by atoms with van der Waals surface area (Å²) in [5.74, 6) is -0.808. The fraction of sp³-hybridized carbons (Fsp3) is 0.235. The molecule has 1 aliphatic heterocycles. The maximum atomic E-state index is 12.9. The number of halogens is 1. The SMILES string of the molecule is O=C(Nc1ccc(S(=O)(=O)c2ccc(F)cc2)cc1)C1CCOC1. The van der Waals surface area contributed by atoms with Crippen LogP contribution in [0.2, 0.25) is 0 Å². The molecule has 0 aromatic heterocycles. The number of anilines is 1. The normalized spacial score (nSPS) is 17.6. The summed E-state index contributed by atoms with van der Waals surface area (Å²) in [5, 5.41) is 2.75. The van der Waals surface area contributed by atoms with Crippen molar-refractivity contribution in [2.45, 2.75) is 16.2 Å². The Morgan fingerprint density at radius 3 is 2.17 bits per heavy atom. The number of ether oxygens (including phenoxy) is 1. The molecule has 1 unspecified atom stereocenters. The Balaban J connectivity index is 1.76. The lowest BCUT2D eigenvalue weighted by Gasteiger charge is -2.10. The first kappa shape index (κ1) is 16.6. The summed E-state index contributed by atoms with van der Waals surface area (Å²) >= 11 is 0. The second-order valence-electron chi connectivity index (χ2n) is 5.53. The second-order valence-corrected chi connectivity index (χ2v) is 7.48. The van der Waals surface area contributed by atoms with Gasteiger partial charge in [0.2, 0.25) is 15.7 Å². The van der Waals surface area contributed by atoms with Crippen molar-refractivity contribution in [3.05, 3.63) is 54.3 Å². The topological polar surface area (TPSA) is 72.5 Å². The van der Waals surface area contributed by atoms with Crippen molar-refractivity contribution in [1.82, 2.24) is 0 Å². The van der Waals surface area contributed by atoms with Crippen LogP contribution in [0.5, 0.6) is 0 Å². The first-order valence-electron chi connectivity index (χ1n) is 7.46. The Bertz CT molecular complexity index is 826. The fourth-order valence-corrected chi connectivity index (χ4v) is 3.71. The lowest BCUT2D eigenvalue weighted by Crippen LogP contribution is -2.22. The van der Waals surface area contributed by atoms with Crippen molar-refractivity contribution in [3.63, 3.8) is 0 Å². The van der Waals surface area contributed by atoms with E-state index in [9.17, 15) is 17.6 Å². The van der Waals surface area contributed by atoms with Crippen molar-refractivity contribution in [2.75, 3.05) is 18.5 Å². The van der Waals surface area contributed by atoms with Gasteiger partial charge in [-0.2, -0.15) is 0 Å². The molecule has 0 radical (unpaired) electrons. The minimum atomic E-state index is -3.72. The van der Waals surface area contributed by atoms with Gasteiger partial charge in [0.15, 0.2) is 0 Å².